The number of rotatable bonds is 6. The van der Waals surface area contributed by atoms with Crippen LogP contribution in [-0.2, 0) is 16.6 Å². The Morgan fingerprint density at radius 3 is 2.38 bits per heavy atom. The molecule has 1 amide bonds. The Morgan fingerprint density at radius 2 is 1.59 bits per heavy atom. The predicted molar refractivity (Wildman–Crippen MR) is 139 cm³/mol. The largest absolute Gasteiger partial charge is 0.454 e. The molecule has 0 saturated carbocycles. The minimum atomic E-state index is -3.52. The van der Waals surface area contributed by atoms with Crippen molar-refractivity contribution < 1.29 is 22.7 Å². The molecule has 3 heterocycles. The number of carbonyl (C=O) groups excluding carboxylic acids is 1. The van der Waals surface area contributed by atoms with Crippen molar-refractivity contribution in [1.29, 1.82) is 0 Å². The summed E-state index contributed by atoms with van der Waals surface area (Å²) in [6.07, 6.45) is 3.53. The van der Waals surface area contributed by atoms with Gasteiger partial charge in [0.1, 0.15) is 6.17 Å². The molecule has 1 fully saturated rings. The second-order valence-corrected chi connectivity index (χ2v) is 11.5. The van der Waals surface area contributed by atoms with Gasteiger partial charge in [-0.3, -0.25) is 4.79 Å². The number of carbonyl (C=O) groups is 1. The lowest BCUT2D eigenvalue weighted by atomic mass is 10.1. The molecule has 0 aromatic heterocycles. The number of anilines is 1. The normalized spacial score (nSPS) is 19.5. The molecule has 9 heteroatoms. The fourth-order valence-electron chi connectivity index (χ4n) is 5.24. The van der Waals surface area contributed by atoms with E-state index in [1.807, 2.05) is 42.5 Å². The fourth-order valence-corrected chi connectivity index (χ4v) is 6.75. The van der Waals surface area contributed by atoms with Crippen LogP contribution < -0.4 is 14.8 Å². The minimum absolute atomic E-state index is 0.0638. The maximum Gasteiger partial charge on any atom is 0.256 e. The molecule has 0 unspecified atom stereocenters. The minimum Gasteiger partial charge on any atom is -0.454 e. The quantitative estimate of drug-likeness (QED) is 0.506. The van der Waals surface area contributed by atoms with Crippen LogP contribution in [0, 0.1) is 0 Å². The van der Waals surface area contributed by atoms with E-state index in [2.05, 4.69) is 5.32 Å². The van der Waals surface area contributed by atoms with Gasteiger partial charge < -0.3 is 19.7 Å². The Bertz CT molecular complexity index is 1420. The maximum atomic E-state index is 13.4. The fraction of sp³-hybridized carbons (Fsp3) is 0.321. The van der Waals surface area contributed by atoms with E-state index in [-0.39, 0.29) is 12.7 Å². The molecule has 3 aliphatic heterocycles. The van der Waals surface area contributed by atoms with Crippen molar-refractivity contribution in [3.8, 4) is 11.5 Å². The monoisotopic (exact) mass is 519 g/mol. The summed E-state index contributed by atoms with van der Waals surface area (Å²) in [4.78, 5) is 15.4. The molecule has 0 bridgehead atoms. The van der Waals surface area contributed by atoms with Crippen LogP contribution in [0.2, 0.25) is 0 Å². The summed E-state index contributed by atoms with van der Waals surface area (Å²) in [5, 5.41) is 3.46. The smallest absolute Gasteiger partial charge is 0.256 e. The van der Waals surface area contributed by atoms with Gasteiger partial charge in [-0.05, 0) is 60.9 Å². The molecular weight excluding hydrogens is 490 g/mol. The first-order valence-corrected chi connectivity index (χ1v) is 14.1. The van der Waals surface area contributed by atoms with Crippen molar-refractivity contribution in [3.05, 3.63) is 83.4 Å². The molecule has 1 saturated heterocycles. The predicted octanol–water partition coefficient (Wildman–Crippen LogP) is 4.75. The lowest BCUT2D eigenvalue weighted by Gasteiger charge is -2.27. The third-order valence-electron chi connectivity index (χ3n) is 7.21. The molecule has 37 heavy (non-hydrogen) atoms. The van der Waals surface area contributed by atoms with Gasteiger partial charge >= 0.3 is 0 Å². The Hall–Kier alpha value is -3.56. The average Bonchev–Trinajstić information content (AvgIpc) is 3.34. The standard InChI is InChI=1S/C28H29N3O5S/c32-28-24-8-4-3-7-23(24)27(31(28)18-20-9-14-25-26(17-20)36-19-35-25)29-21-10-12-22(13-11-21)37(33,34)30-15-5-1-2-6-16-30/h3-4,7-14,17,27,29H,1-2,5-6,15-16,18-19H2/t27-/m0/s1. The number of hydrogen-bond acceptors (Lipinski definition) is 6. The summed E-state index contributed by atoms with van der Waals surface area (Å²) < 4.78 is 38.9. The summed E-state index contributed by atoms with van der Waals surface area (Å²) in [6.45, 7) is 1.71. The van der Waals surface area contributed by atoms with E-state index < -0.39 is 16.2 Å². The Morgan fingerprint density at radius 1 is 0.865 bits per heavy atom. The molecule has 192 valence electrons. The van der Waals surface area contributed by atoms with Gasteiger partial charge in [0, 0.05) is 36.4 Å². The first-order chi connectivity index (χ1) is 18.0. The second-order valence-electron chi connectivity index (χ2n) is 9.60. The van der Waals surface area contributed by atoms with Gasteiger partial charge in [-0.2, -0.15) is 4.31 Å². The molecule has 0 spiro atoms. The molecule has 0 radical (unpaired) electrons. The van der Waals surface area contributed by atoms with Crippen LogP contribution in [0.5, 0.6) is 11.5 Å². The van der Waals surface area contributed by atoms with Crippen molar-refractivity contribution in [2.24, 2.45) is 0 Å². The topological polar surface area (TPSA) is 88.2 Å². The van der Waals surface area contributed by atoms with E-state index in [1.165, 1.54) is 0 Å². The molecule has 8 nitrogen and oxygen atoms in total. The highest BCUT2D eigenvalue weighted by Gasteiger charge is 2.37. The number of amides is 1. The first-order valence-electron chi connectivity index (χ1n) is 12.7. The van der Waals surface area contributed by atoms with Crippen LogP contribution in [0.3, 0.4) is 0 Å². The Labute approximate surface area is 216 Å². The molecule has 3 aromatic carbocycles. The van der Waals surface area contributed by atoms with Crippen molar-refractivity contribution in [3.63, 3.8) is 0 Å². The molecule has 3 aliphatic rings. The lowest BCUT2D eigenvalue weighted by Crippen LogP contribution is -2.32. The third kappa shape index (κ3) is 4.53. The van der Waals surface area contributed by atoms with Gasteiger partial charge in [-0.15, -0.1) is 0 Å². The lowest BCUT2D eigenvalue weighted by molar-refractivity contribution is 0.0728. The van der Waals surface area contributed by atoms with Crippen LogP contribution in [0.1, 0.15) is 53.3 Å². The van der Waals surface area contributed by atoms with Gasteiger partial charge in [-0.25, -0.2) is 8.42 Å². The third-order valence-corrected chi connectivity index (χ3v) is 9.12. The number of fused-ring (bicyclic) bond motifs is 2. The summed E-state index contributed by atoms with van der Waals surface area (Å²) >= 11 is 0. The SMILES string of the molecule is O=C1c2ccccc2[C@@H](Nc2ccc(S(=O)(=O)N3CCCCCC3)cc2)N1Cc1ccc2c(c1)OCO2. The highest BCUT2D eigenvalue weighted by atomic mass is 32.2. The summed E-state index contributed by atoms with van der Waals surface area (Å²) in [7, 11) is -3.52. The number of sulfonamides is 1. The average molecular weight is 520 g/mol. The van der Waals surface area contributed by atoms with E-state index >= 15 is 0 Å². The van der Waals surface area contributed by atoms with Gasteiger partial charge in [0.25, 0.3) is 5.91 Å². The van der Waals surface area contributed by atoms with Crippen LogP contribution in [-0.4, -0.2) is 43.4 Å². The molecule has 1 N–H and O–H groups in total. The van der Waals surface area contributed by atoms with Crippen LogP contribution in [0.25, 0.3) is 0 Å². The van der Waals surface area contributed by atoms with Crippen LogP contribution >= 0.6 is 0 Å². The highest BCUT2D eigenvalue weighted by molar-refractivity contribution is 7.89. The Balaban J connectivity index is 1.25. The number of nitrogens with zero attached hydrogens (tertiary/aromatic N) is 2. The van der Waals surface area contributed by atoms with Crippen molar-refractivity contribution in [2.75, 3.05) is 25.2 Å². The van der Waals surface area contributed by atoms with Gasteiger partial charge in [-0.1, -0.05) is 37.1 Å². The molecule has 3 aromatic rings. The van der Waals surface area contributed by atoms with Gasteiger partial charge in [0.15, 0.2) is 11.5 Å². The Kier molecular flexibility index (Phi) is 6.26. The first kappa shape index (κ1) is 23.8. The number of hydrogen-bond donors (Lipinski definition) is 1. The number of benzene rings is 3. The molecular formula is C28H29N3O5S. The zero-order valence-corrected chi connectivity index (χ0v) is 21.2. The van der Waals surface area contributed by atoms with E-state index in [0.29, 0.717) is 41.6 Å². The van der Waals surface area contributed by atoms with E-state index in [0.717, 1.165) is 42.5 Å². The van der Waals surface area contributed by atoms with E-state index in [4.69, 9.17) is 9.47 Å². The molecule has 0 aliphatic carbocycles. The zero-order chi connectivity index (χ0) is 25.4. The van der Waals surface area contributed by atoms with E-state index in [9.17, 15) is 13.2 Å². The van der Waals surface area contributed by atoms with Crippen molar-refractivity contribution >= 4 is 21.6 Å². The number of ether oxygens (including phenoxy) is 2. The van der Waals surface area contributed by atoms with E-state index in [1.54, 1.807) is 33.5 Å². The summed E-state index contributed by atoms with van der Waals surface area (Å²) in [5.41, 5.74) is 3.20. The maximum absolute atomic E-state index is 13.4. The zero-order valence-electron chi connectivity index (χ0n) is 20.4. The highest BCUT2D eigenvalue weighted by Crippen LogP contribution is 2.38. The summed E-state index contributed by atoms with van der Waals surface area (Å²) in [5.74, 6) is 1.31. The molecule has 1 atom stereocenters. The van der Waals surface area contributed by atoms with Crippen molar-refractivity contribution in [1.82, 2.24) is 9.21 Å². The van der Waals surface area contributed by atoms with Gasteiger partial charge in [0.05, 0.1) is 4.90 Å². The van der Waals surface area contributed by atoms with Crippen molar-refractivity contribution in [2.45, 2.75) is 43.3 Å². The second kappa shape index (κ2) is 9.72. The van der Waals surface area contributed by atoms with Crippen LogP contribution in [0.4, 0.5) is 5.69 Å². The summed E-state index contributed by atoms with van der Waals surface area (Å²) in [6, 6.07) is 20.1. The van der Waals surface area contributed by atoms with Gasteiger partial charge in [0.2, 0.25) is 16.8 Å². The number of nitrogens with one attached hydrogen (secondary N) is 1. The molecule has 6 rings (SSSR count). The van der Waals surface area contributed by atoms with Crippen LogP contribution in [0.15, 0.2) is 71.6 Å².